The Hall–Kier alpha value is -0.120. The van der Waals surface area contributed by atoms with Gasteiger partial charge in [-0.25, -0.2) is 0 Å². The number of nitrogens with zero attached hydrogens (tertiary/aromatic N) is 1. The molecule has 0 aromatic heterocycles. The summed E-state index contributed by atoms with van der Waals surface area (Å²) in [5.41, 5.74) is 6.56. The number of rotatable bonds is 4. The summed E-state index contributed by atoms with van der Waals surface area (Å²) in [5, 5.41) is 0. The van der Waals surface area contributed by atoms with Crippen LogP contribution in [0.1, 0.15) is 45.4 Å². The molecule has 1 saturated heterocycles. The van der Waals surface area contributed by atoms with Crippen molar-refractivity contribution in [3.63, 3.8) is 0 Å². The lowest BCUT2D eigenvalue weighted by molar-refractivity contribution is -0.0495. The molecule has 3 fully saturated rings. The van der Waals surface area contributed by atoms with Crippen LogP contribution in [0.25, 0.3) is 0 Å². The Morgan fingerprint density at radius 3 is 2.83 bits per heavy atom. The molecule has 3 rings (SSSR count). The summed E-state index contributed by atoms with van der Waals surface area (Å²) in [6, 6.07) is 0. The van der Waals surface area contributed by atoms with Crippen LogP contribution < -0.4 is 5.73 Å². The van der Waals surface area contributed by atoms with E-state index in [1.807, 2.05) is 0 Å². The van der Waals surface area contributed by atoms with Crippen LogP contribution in [0.15, 0.2) is 0 Å². The molecule has 3 nitrogen and oxygen atoms in total. The van der Waals surface area contributed by atoms with Gasteiger partial charge in [0.2, 0.25) is 0 Å². The summed E-state index contributed by atoms with van der Waals surface area (Å²) >= 11 is 0. The normalized spacial score (nSPS) is 44.7. The van der Waals surface area contributed by atoms with E-state index in [-0.39, 0.29) is 0 Å². The van der Waals surface area contributed by atoms with E-state index in [1.54, 1.807) is 0 Å². The summed E-state index contributed by atoms with van der Waals surface area (Å²) in [7, 11) is 0. The van der Waals surface area contributed by atoms with E-state index in [2.05, 4.69) is 11.8 Å². The molecule has 0 aromatic rings. The number of hydrogen-bond acceptors (Lipinski definition) is 3. The number of ether oxygens (including phenoxy) is 1. The molecule has 1 heterocycles. The highest BCUT2D eigenvalue weighted by Crippen LogP contribution is 2.53. The molecule has 0 radical (unpaired) electrons. The van der Waals surface area contributed by atoms with Gasteiger partial charge < -0.3 is 10.5 Å². The standard InChI is InChI=1S/C15H28N2O/c1-2-18-14-4-3-7-17(10-14)15(11-16)9-12-5-6-13(15)8-12/h12-14H,2-11,16H2,1H3. The van der Waals surface area contributed by atoms with Crippen LogP contribution in [-0.4, -0.2) is 42.8 Å². The molecule has 0 spiro atoms. The predicted octanol–water partition coefficient (Wildman–Crippen LogP) is 2.00. The Balaban J connectivity index is 1.72. The highest BCUT2D eigenvalue weighted by molar-refractivity contribution is 5.09. The van der Waals surface area contributed by atoms with E-state index >= 15 is 0 Å². The molecule has 0 amide bonds. The SMILES string of the molecule is CCOC1CCCN(C2(CN)CC3CCC2C3)C1. The smallest absolute Gasteiger partial charge is 0.0702 e. The third-order valence-corrected chi connectivity index (χ3v) is 5.71. The zero-order valence-electron chi connectivity index (χ0n) is 11.7. The second-order valence-electron chi connectivity index (χ2n) is 6.55. The molecule has 1 aliphatic heterocycles. The largest absolute Gasteiger partial charge is 0.377 e. The molecule has 0 aromatic carbocycles. The van der Waals surface area contributed by atoms with E-state index in [1.165, 1.54) is 45.1 Å². The van der Waals surface area contributed by atoms with Gasteiger partial charge in [-0.1, -0.05) is 6.42 Å². The van der Waals surface area contributed by atoms with Gasteiger partial charge >= 0.3 is 0 Å². The Kier molecular flexibility index (Phi) is 3.65. The van der Waals surface area contributed by atoms with Crippen molar-refractivity contribution in [3.05, 3.63) is 0 Å². The van der Waals surface area contributed by atoms with Gasteiger partial charge in [-0.3, -0.25) is 4.90 Å². The van der Waals surface area contributed by atoms with E-state index in [0.717, 1.165) is 31.5 Å². The van der Waals surface area contributed by atoms with Crippen molar-refractivity contribution in [2.45, 2.75) is 57.1 Å². The average Bonchev–Trinajstić information content (AvgIpc) is 3.00. The van der Waals surface area contributed by atoms with Gasteiger partial charge in [-0.15, -0.1) is 0 Å². The lowest BCUT2D eigenvalue weighted by Gasteiger charge is -2.49. The van der Waals surface area contributed by atoms with Gasteiger partial charge in [0.25, 0.3) is 0 Å². The van der Waals surface area contributed by atoms with Crippen LogP contribution in [0.3, 0.4) is 0 Å². The van der Waals surface area contributed by atoms with Gasteiger partial charge in [0.05, 0.1) is 6.10 Å². The Morgan fingerprint density at radius 2 is 2.22 bits per heavy atom. The van der Waals surface area contributed by atoms with E-state index in [0.29, 0.717) is 11.6 Å². The van der Waals surface area contributed by atoms with Gasteiger partial charge in [-0.2, -0.15) is 0 Å². The number of hydrogen-bond donors (Lipinski definition) is 1. The molecular formula is C15H28N2O. The van der Waals surface area contributed by atoms with Crippen molar-refractivity contribution >= 4 is 0 Å². The lowest BCUT2D eigenvalue weighted by atomic mass is 9.78. The number of fused-ring (bicyclic) bond motifs is 2. The van der Waals surface area contributed by atoms with Gasteiger partial charge in [0.15, 0.2) is 0 Å². The maximum Gasteiger partial charge on any atom is 0.0702 e. The van der Waals surface area contributed by atoms with Crippen LogP contribution in [0, 0.1) is 11.8 Å². The van der Waals surface area contributed by atoms with E-state index < -0.39 is 0 Å². The molecule has 3 heteroatoms. The summed E-state index contributed by atoms with van der Waals surface area (Å²) < 4.78 is 5.86. The molecule has 2 N–H and O–H groups in total. The maximum absolute atomic E-state index is 6.22. The summed E-state index contributed by atoms with van der Waals surface area (Å²) in [5.74, 6) is 1.83. The van der Waals surface area contributed by atoms with Gasteiger partial charge in [-0.05, 0) is 57.4 Å². The van der Waals surface area contributed by atoms with Crippen molar-refractivity contribution in [1.29, 1.82) is 0 Å². The van der Waals surface area contributed by atoms with Gasteiger partial charge in [0, 0.05) is 25.2 Å². The minimum absolute atomic E-state index is 0.332. The first-order valence-corrected chi connectivity index (χ1v) is 7.85. The fourth-order valence-corrected chi connectivity index (χ4v) is 4.90. The minimum Gasteiger partial charge on any atom is -0.377 e. The van der Waals surface area contributed by atoms with Gasteiger partial charge in [0.1, 0.15) is 0 Å². The van der Waals surface area contributed by atoms with E-state index in [9.17, 15) is 0 Å². The number of likely N-dealkylation sites (tertiary alicyclic amines) is 1. The highest BCUT2D eigenvalue weighted by atomic mass is 16.5. The van der Waals surface area contributed by atoms with Crippen LogP contribution in [0.2, 0.25) is 0 Å². The quantitative estimate of drug-likeness (QED) is 0.832. The topological polar surface area (TPSA) is 38.5 Å². The first kappa shape index (κ1) is 12.9. The first-order chi connectivity index (χ1) is 8.78. The molecule has 2 aliphatic carbocycles. The number of nitrogens with two attached hydrogens (primary N) is 1. The van der Waals surface area contributed by atoms with Crippen molar-refractivity contribution in [3.8, 4) is 0 Å². The van der Waals surface area contributed by atoms with Crippen molar-refractivity contribution in [2.24, 2.45) is 17.6 Å². The molecule has 4 atom stereocenters. The molecule has 2 saturated carbocycles. The second kappa shape index (κ2) is 5.10. The first-order valence-electron chi connectivity index (χ1n) is 7.85. The second-order valence-corrected chi connectivity index (χ2v) is 6.55. The molecule has 2 bridgehead atoms. The molecule has 18 heavy (non-hydrogen) atoms. The van der Waals surface area contributed by atoms with Crippen molar-refractivity contribution < 1.29 is 4.74 Å². The van der Waals surface area contributed by atoms with Crippen LogP contribution in [0.4, 0.5) is 0 Å². The monoisotopic (exact) mass is 252 g/mol. The minimum atomic E-state index is 0.332. The Morgan fingerprint density at radius 1 is 1.33 bits per heavy atom. The average molecular weight is 252 g/mol. The van der Waals surface area contributed by atoms with Crippen LogP contribution in [-0.2, 0) is 4.74 Å². The zero-order chi connectivity index (χ0) is 12.6. The number of piperidine rings is 1. The Labute approximate surface area is 111 Å². The van der Waals surface area contributed by atoms with Crippen LogP contribution >= 0.6 is 0 Å². The summed E-state index contributed by atoms with van der Waals surface area (Å²) in [4.78, 5) is 2.71. The molecule has 104 valence electrons. The fourth-order valence-electron chi connectivity index (χ4n) is 4.90. The molecular weight excluding hydrogens is 224 g/mol. The molecule has 4 unspecified atom stereocenters. The van der Waals surface area contributed by atoms with E-state index in [4.69, 9.17) is 10.5 Å². The highest BCUT2D eigenvalue weighted by Gasteiger charge is 2.53. The fraction of sp³-hybridized carbons (Fsp3) is 1.00. The third kappa shape index (κ3) is 2.00. The van der Waals surface area contributed by atoms with Crippen molar-refractivity contribution in [2.75, 3.05) is 26.2 Å². The summed E-state index contributed by atoms with van der Waals surface area (Å²) in [6.45, 7) is 6.17. The lowest BCUT2D eigenvalue weighted by Crippen LogP contribution is -2.60. The van der Waals surface area contributed by atoms with Crippen molar-refractivity contribution in [1.82, 2.24) is 4.90 Å². The zero-order valence-corrected chi connectivity index (χ0v) is 11.7. The van der Waals surface area contributed by atoms with Crippen LogP contribution in [0.5, 0.6) is 0 Å². The maximum atomic E-state index is 6.22. The summed E-state index contributed by atoms with van der Waals surface area (Å²) in [6.07, 6.45) is 8.63. The molecule has 3 aliphatic rings. The third-order valence-electron chi connectivity index (χ3n) is 5.71. The Bertz CT molecular complexity index is 294. The predicted molar refractivity (Wildman–Crippen MR) is 73.5 cm³/mol.